The fourth-order valence-corrected chi connectivity index (χ4v) is 3.67. The molecule has 0 aliphatic carbocycles. The summed E-state index contributed by atoms with van der Waals surface area (Å²) in [5.41, 5.74) is 1.11. The first-order valence-electron chi connectivity index (χ1n) is 6.80. The lowest BCUT2D eigenvalue weighted by Crippen LogP contribution is -2.34. The molecule has 0 N–H and O–H groups in total. The number of thioether (sulfide) groups is 1. The van der Waals surface area contributed by atoms with Gasteiger partial charge in [-0.15, -0.1) is 0 Å². The van der Waals surface area contributed by atoms with Crippen molar-refractivity contribution in [3.63, 3.8) is 0 Å². The number of benzene rings is 2. The van der Waals surface area contributed by atoms with E-state index in [2.05, 4.69) is 0 Å². The van der Waals surface area contributed by atoms with Crippen molar-refractivity contribution in [1.82, 2.24) is 4.90 Å². The van der Waals surface area contributed by atoms with Crippen LogP contribution < -0.4 is 0 Å². The summed E-state index contributed by atoms with van der Waals surface area (Å²) in [6.45, 7) is 0. The van der Waals surface area contributed by atoms with Crippen LogP contribution >= 0.6 is 47.2 Å². The number of carbonyl (C=O) groups is 2. The van der Waals surface area contributed by atoms with Gasteiger partial charge in [0, 0.05) is 5.56 Å². The largest absolute Gasteiger partial charge is 0.273 e. The van der Waals surface area contributed by atoms with E-state index in [1.807, 2.05) is 0 Å². The number of hydrogen-bond donors (Lipinski definition) is 0. The van der Waals surface area contributed by atoms with Crippen LogP contribution in [0.1, 0.15) is 15.9 Å². The highest BCUT2D eigenvalue weighted by molar-refractivity contribution is 8.26. The Bertz CT molecular complexity index is 881. The summed E-state index contributed by atoms with van der Waals surface area (Å²) in [5, 5.41) is 0.821. The van der Waals surface area contributed by atoms with Crippen molar-refractivity contribution in [2.24, 2.45) is 0 Å². The van der Waals surface area contributed by atoms with E-state index in [0.717, 1.165) is 16.7 Å². The van der Waals surface area contributed by atoms with E-state index in [9.17, 15) is 9.59 Å². The molecule has 2 aromatic rings. The Balaban J connectivity index is 1.90. The topological polar surface area (TPSA) is 37.4 Å². The second-order valence-corrected chi connectivity index (χ2v) is 7.35. The first-order valence-corrected chi connectivity index (χ1v) is 8.78. The molecule has 3 nitrogen and oxygen atoms in total. The number of halogens is 2. The van der Waals surface area contributed by atoms with Crippen LogP contribution in [0.3, 0.4) is 0 Å². The Morgan fingerprint density at radius 3 is 2.46 bits per heavy atom. The fourth-order valence-electron chi connectivity index (χ4n) is 2.11. The molecule has 7 heteroatoms. The Hall–Kier alpha value is -1.66. The van der Waals surface area contributed by atoms with Crippen molar-refractivity contribution in [2.45, 2.75) is 0 Å². The predicted octanol–water partition coefficient (Wildman–Crippen LogP) is 5.04. The van der Waals surface area contributed by atoms with Crippen LogP contribution in [0.4, 0.5) is 0 Å². The third-order valence-electron chi connectivity index (χ3n) is 3.26. The van der Waals surface area contributed by atoms with Crippen LogP contribution in [0.2, 0.25) is 10.0 Å². The van der Waals surface area contributed by atoms with E-state index < -0.39 is 11.8 Å². The van der Waals surface area contributed by atoms with Gasteiger partial charge >= 0.3 is 0 Å². The molecule has 24 heavy (non-hydrogen) atoms. The minimum absolute atomic E-state index is 0.208. The highest BCUT2D eigenvalue weighted by atomic mass is 35.5. The van der Waals surface area contributed by atoms with Crippen molar-refractivity contribution in [1.29, 1.82) is 0 Å². The number of thiocarbonyl (C=S) groups is 1. The minimum Gasteiger partial charge on any atom is -0.268 e. The van der Waals surface area contributed by atoms with Gasteiger partial charge in [0.1, 0.15) is 0 Å². The molecule has 1 heterocycles. The summed E-state index contributed by atoms with van der Waals surface area (Å²) in [4.78, 5) is 26.4. The van der Waals surface area contributed by atoms with Gasteiger partial charge in [-0.25, -0.2) is 4.90 Å². The molecule has 0 aromatic heterocycles. The van der Waals surface area contributed by atoms with E-state index in [-0.39, 0.29) is 4.32 Å². The van der Waals surface area contributed by atoms with Crippen molar-refractivity contribution in [2.75, 3.05) is 0 Å². The van der Waals surface area contributed by atoms with Crippen molar-refractivity contribution in [3.8, 4) is 0 Å². The van der Waals surface area contributed by atoms with Crippen molar-refractivity contribution >= 4 is 69.4 Å². The summed E-state index contributed by atoms with van der Waals surface area (Å²) >= 11 is 18.1. The zero-order chi connectivity index (χ0) is 17.3. The molecule has 1 aliphatic rings. The van der Waals surface area contributed by atoms with E-state index in [0.29, 0.717) is 26.1 Å². The average molecular weight is 394 g/mol. The Morgan fingerprint density at radius 2 is 1.79 bits per heavy atom. The quantitative estimate of drug-likeness (QED) is 0.407. The lowest BCUT2D eigenvalue weighted by atomic mass is 10.2. The van der Waals surface area contributed by atoms with Crippen LogP contribution in [0, 0.1) is 0 Å². The monoisotopic (exact) mass is 393 g/mol. The number of amides is 2. The number of carbonyl (C=O) groups excluding carboxylic acids is 2. The molecule has 0 radical (unpaired) electrons. The summed E-state index contributed by atoms with van der Waals surface area (Å²) in [6.07, 6.45) is 1.64. The molecule has 1 saturated heterocycles. The maximum Gasteiger partial charge on any atom is 0.273 e. The molecule has 1 fully saturated rings. The van der Waals surface area contributed by atoms with E-state index in [1.165, 1.54) is 0 Å². The summed E-state index contributed by atoms with van der Waals surface area (Å²) < 4.78 is 0.208. The molecule has 0 bridgehead atoms. The smallest absolute Gasteiger partial charge is 0.268 e. The van der Waals surface area contributed by atoms with Gasteiger partial charge in [-0.3, -0.25) is 9.59 Å². The second-order valence-electron chi connectivity index (χ2n) is 4.86. The van der Waals surface area contributed by atoms with Gasteiger partial charge in [0.15, 0.2) is 4.32 Å². The summed E-state index contributed by atoms with van der Waals surface area (Å²) in [5.74, 6) is -0.874. The maximum atomic E-state index is 12.6. The Kier molecular flexibility index (Phi) is 5.06. The number of imide groups is 1. The molecule has 1 aliphatic heterocycles. The fraction of sp³-hybridized carbons (Fsp3) is 0. The molecule has 0 atom stereocenters. The lowest BCUT2D eigenvalue weighted by Gasteiger charge is -2.12. The highest BCUT2D eigenvalue weighted by Gasteiger charge is 2.37. The van der Waals surface area contributed by atoms with E-state index in [1.54, 1.807) is 54.6 Å². The standard InChI is InChI=1S/C17H9Cl2NO2S2/c18-12-7-6-10(8-13(12)19)9-14-16(22)20(17(23)24-14)15(21)11-4-2-1-3-5-11/h1-9H. The molecule has 0 unspecified atom stereocenters. The number of nitrogens with zero attached hydrogens (tertiary/aromatic N) is 1. The van der Waals surface area contributed by atoms with Gasteiger partial charge in [-0.2, -0.15) is 0 Å². The van der Waals surface area contributed by atoms with Crippen LogP contribution in [-0.2, 0) is 4.79 Å². The van der Waals surface area contributed by atoms with Gasteiger partial charge in [-0.1, -0.05) is 71.4 Å². The van der Waals surface area contributed by atoms with Crippen molar-refractivity contribution < 1.29 is 9.59 Å². The van der Waals surface area contributed by atoms with Crippen LogP contribution in [0.5, 0.6) is 0 Å². The van der Waals surface area contributed by atoms with E-state index in [4.69, 9.17) is 35.4 Å². The lowest BCUT2D eigenvalue weighted by molar-refractivity contribution is -0.120. The first kappa shape index (κ1) is 17.2. The molecule has 0 spiro atoms. The number of rotatable bonds is 2. The van der Waals surface area contributed by atoms with Crippen LogP contribution in [0.15, 0.2) is 53.4 Å². The average Bonchev–Trinajstić information content (AvgIpc) is 2.85. The molecule has 0 saturated carbocycles. The van der Waals surface area contributed by atoms with Gasteiger partial charge < -0.3 is 0 Å². The van der Waals surface area contributed by atoms with Crippen LogP contribution in [0.25, 0.3) is 6.08 Å². The third kappa shape index (κ3) is 3.39. The van der Waals surface area contributed by atoms with Crippen molar-refractivity contribution in [3.05, 3.63) is 74.6 Å². The summed E-state index contributed by atoms with van der Waals surface area (Å²) in [7, 11) is 0. The predicted molar refractivity (Wildman–Crippen MR) is 102 cm³/mol. The molecule has 2 aromatic carbocycles. The highest BCUT2D eigenvalue weighted by Crippen LogP contribution is 2.34. The van der Waals surface area contributed by atoms with E-state index >= 15 is 0 Å². The minimum atomic E-state index is -0.440. The molecule has 2 amide bonds. The third-order valence-corrected chi connectivity index (χ3v) is 5.30. The maximum absolute atomic E-state index is 12.6. The second kappa shape index (κ2) is 7.07. The zero-order valence-electron chi connectivity index (χ0n) is 12.0. The Labute approximate surface area is 158 Å². The normalized spacial score (nSPS) is 16.1. The molecular formula is C17H9Cl2NO2S2. The Morgan fingerprint density at radius 1 is 1.08 bits per heavy atom. The van der Waals surface area contributed by atoms with Gasteiger partial charge in [0.05, 0.1) is 15.0 Å². The molecule has 3 rings (SSSR count). The van der Waals surface area contributed by atoms with Gasteiger partial charge in [0.25, 0.3) is 11.8 Å². The van der Waals surface area contributed by atoms with Gasteiger partial charge in [0.2, 0.25) is 0 Å². The van der Waals surface area contributed by atoms with Gasteiger partial charge in [-0.05, 0) is 35.9 Å². The van der Waals surface area contributed by atoms with Crippen LogP contribution in [-0.4, -0.2) is 21.0 Å². The SMILES string of the molecule is O=C1C(=Cc2ccc(Cl)c(Cl)c2)SC(=S)N1C(=O)c1ccccc1. The zero-order valence-corrected chi connectivity index (χ0v) is 15.2. The first-order chi connectivity index (χ1) is 11.5. The summed E-state index contributed by atoms with van der Waals surface area (Å²) in [6, 6.07) is 13.6. The molecule has 120 valence electrons. The molecular weight excluding hydrogens is 385 g/mol. The number of hydrogen-bond acceptors (Lipinski definition) is 4.